The van der Waals surface area contributed by atoms with Crippen molar-refractivity contribution in [1.29, 1.82) is 0 Å². The van der Waals surface area contributed by atoms with Gasteiger partial charge in [-0.1, -0.05) is 0 Å². The van der Waals surface area contributed by atoms with Gasteiger partial charge >= 0.3 is 11.8 Å². The Morgan fingerprint density at radius 2 is 2.30 bits per heavy atom. The lowest BCUT2D eigenvalue weighted by molar-refractivity contribution is -0.392. The first-order chi connectivity index (χ1) is 11.0. The van der Waals surface area contributed by atoms with Crippen LogP contribution in [0.1, 0.15) is 23.7 Å². The number of hydrogen-bond acceptors (Lipinski definition) is 6. The van der Waals surface area contributed by atoms with Crippen molar-refractivity contribution in [2.45, 2.75) is 25.8 Å². The van der Waals surface area contributed by atoms with E-state index in [1.807, 2.05) is 13.2 Å². The standard InChI is InChI=1S/C14H17N5O4/c1-9-15-7-13(19(21)22)18(9)3-4-23-14(20)12-5-11(12)10-6-16-17(2)8-10/h6-8,11-12H,3-5H2,1-2H3/t11-,12+/m0/s1. The van der Waals surface area contributed by atoms with Crippen molar-refractivity contribution in [1.82, 2.24) is 19.3 Å². The Hall–Kier alpha value is -2.71. The first-order valence-electron chi connectivity index (χ1n) is 7.29. The maximum Gasteiger partial charge on any atom is 0.342 e. The van der Waals surface area contributed by atoms with Gasteiger partial charge in [0, 0.05) is 26.1 Å². The van der Waals surface area contributed by atoms with E-state index in [4.69, 9.17) is 4.74 Å². The number of aryl methyl sites for hydroxylation is 2. The first kappa shape index (κ1) is 15.2. The molecule has 2 heterocycles. The summed E-state index contributed by atoms with van der Waals surface area (Å²) in [6.45, 7) is 1.99. The number of ether oxygens (including phenoxy) is 1. The summed E-state index contributed by atoms with van der Waals surface area (Å²) in [7, 11) is 1.83. The molecule has 1 fully saturated rings. The van der Waals surface area contributed by atoms with E-state index in [0.717, 1.165) is 12.0 Å². The molecule has 0 bridgehead atoms. The van der Waals surface area contributed by atoms with Gasteiger partial charge in [0.2, 0.25) is 0 Å². The predicted molar refractivity (Wildman–Crippen MR) is 78.6 cm³/mol. The second kappa shape index (κ2) is 5.82. The van der Waals surface area contributed by atoms with Crippen molar-refractivity contribution in [3.05, 3.63) is 40.1 Å². The highest BCUT2D eigenvalue weighted by Crippen LogP contribution is 2.47. The molecule has 1 aliphatic carbocycles. The molecule has 9 nitrogen and oxygen atoms in total. The minimum absolute atomic E-state index is 0.0904. The van der Waals surface area contributed by atoms with Crippen LogP contribution in [0.2, 0.25) is 0 Å². The fourth-order valence-corrected chi connectivity index (χ4v) is 2.68. The highest BCUT2D eigenvalue weighted by Gasteiger charge is 2.45. The van der Waals surface area contributed by atoms with Crippen molar-refractivity contribution in [2.24, 2.45) is 13.0 Å². The molecule has 0 aromatic carbocycles. The third-order valence-corrected chi connectivity index (χ3v) is 4.03. The molecule has 0 spiro atoms. The highest BCUT2D eigenvalue weighted by atomic mass is 16.6. The fourth-order valence-electron chi connectivity index (χ4n) is 2.68. The molecule has 0 amide bonds. The number of imidazole rings is 1. The van der Waals surface area contributed by atoms with Crippen LogP contribution in [0.4, 0.5) is 5.82 Å². The van der Waals surface area contributed by atoms with Gasteiger partial charge in [0.25, 0.3) is 0 Å². The van der Waals surface area contributed by atoms with Gasteiger partial charge in [0.1, 0.15) is 19.3 Å². The number of aromatic nitrogens is 4. The number of carbonyl (C=O) groups is 1. The SMILES string of the molecule is Cc1ncc([N+](=O)[O-])n1CCOC(=O)[C@@H]1C[C@H]1c1cnn(C)c1. The lowest BCUT2D eigenvalue weighted by Crippen LogP contribution is -2.15. The molecule has 0 saturated heterocycles. The van der Waals surface area contributed by atoms with Crippen LogP contribution in [0.5, 0.6) is 0 Å². The molecule has 0 unspecified atom stereocenters. The highest BCUT2D eigenvalue weighted by molar-refractivity contribution is 5.77. The van der Waals surface area contributed by atoms with Crippen molar-refractivity contribution < 1.29 is 14.5 Å². The number of hydrogen-bond donors (Lipinski definition) is 0. The van der Waals surface area contributed by atoms with Crippen LogP contribution < -0.4 is 0 Å². The Bertz CT molecular complexity index is 750. The van der Waals surface area contributed by atoms with E-state index in [-0.39, 0.29) is 36.8 Å². The molecular weight excluding hydrogens is 302 g/mol. The number of carbonyl (C=O) groups excluding carboxylic acids is 1. The molecule has 1 aliphatic rings. The summed E-state index contributed by atoms with van der Waals surface area (Å²) in [5, 5.41) is 15.0. The quantitative estimate of drug-likeness (QED) is 0.450. The normalized spacial score (nSPS) is 19.6. The van der Waals surface area contributed by atoms with Crippen molar-refractivity contribution in [3.8, 4) is 0 Å². The van der Waals surface area contributed by atoms with E-state index in [9.17, 15) is 14.9 Å². The third kappa shape index (κ3) is 3.08. The minimum Gasteiger partial charge on any atom is -0.461 e. The van der Waals surface area contributed by atoms with E-state index in [0.29, 0.717) is 5.82 Å². The molecule has 3 rings (SSSR count). The zero-order chi connectivity index (χ0) is 16.6. The van der Waals surface area contributed by atoms with Crippen molar-refractivity contribution in [2.75, 3.05) is 6.61 Å². The average Bonchev–Trinajstić information content (AvgIpc) is 3.06. The molecule has 1 saturated carbocycles. The van der Waals surface area contributed by atoms with Crippen LogP contribution in [0.25, 0.3) is 0 Å². The summed E-state index contributed by atoms with van der Waals surface area (Å²) in [5.74, 6) is 0.184. The summed E-state index contributed by atoms with van der Waals surface area (Å²) in [6, 6.07) is 0. The molecule has 0 aliphatic heterocycles. The molecule has 122 valence electrons. The maximum absolute atomic E-state index is 12.0. The van der Waals surface area contributed by atoms with E-state index < -0.39 is 4.92 Å². The number of nitrogens with zero attached hydrogens (tertiary/aromatic N) is 5. The lowest BCUT2D eigenvalue weighted by Gasteiger charge is -2.05. The van der Waals surface area contributed by atoms with E-state index >= 15 is 0 Å². The first-order valence-corrected chi connectivity index (χ1v) is 7.29. The molecule has 23 heavy (non-hydrogen) atoms. The lowest BCUT2D eigenvalue weighted by atomic mass is 10.2. The van der Waals surface area contributed by atoms with Crippen LogP contribution >= 0.6 is 0 Å². The monoisotopic (exact) mass is 319 g/mol. The predicted octanol–water partition coefficient (Wildman–Crippen LogP) is 1.18. The van der Waals surface area contributed by atoms with Gasteiger partial charge in [-0.3, -0.25) is 9.48 Å². The van der Waals surface area contributed by atoms with Crippen LogP contribution in [0.3, 0.4) is 0 Å². The second-order valence-corrected chi connectivity index (χ2v) is 5.64. The van der Waals surface area contributed by atoms with Crippen molar-refractivity contribution >= 4 is 11.8 Å². The van der Waals surface area contributed by atoms with Crippen LogP contribution in [-0.4, -0.2) is 36.8 Å². The van der Waals surface area contributed by atoms with Gasteiger partial charge < -0.3 is 14.9 Å². The van der Waals surface area contributed by atoms with E-state index in [1.165, 1.54) is 10.8 Å². The molecule has 9 heteroatoms. The summed E-state index contributed by atoms with van der Waals surface area (Å²) in [6.07, 6.45) is 5.62. The van der Waals surface area contributed by atoms with Crippen LogP contribution in [0, 0.1) is 23.0 Å². The van der Waals surface area contributed by atoms with Gasteiger partial charge in [0.15, 0.2) is 5.82 Å². The number of esters is 1. The maximum atomic E-state index is 12.0. The Morgan fingerprint density at radius 1 is 1.52 bits per heavy atom. The number of nitro groups is 1. The van der Waals surface area contributed by atoms with Gasteiger partial charge in [-0.2, -0.15) is 5.10 Å². The van der Waals surface area contributed by atoms with E-state index in [1.54, 1.807) is 17.8 Å². The Morgan fingerprint density at radius 3 is 2.96 bits per heavy atom. The summed E-state index contributed by atoms with van der Waals surface area (Å²) in [5.41, 5.74) is 1.04. The zero-order valence-corrected chi connectivity index (χ0v) is 12.9. The Labute approximate surface area is 132 Å². The molecular formula is C14H17N5O4. The fraction of sp³-hybridized carbons (Fsp3) is 0.500. The van der Waals surface area contributed by atoms with Gasteiger partial charge in [0.05, 0.1) is 12.1 Å². The average molecular weight is 319 g/mol. The largest absolute Gasteiger partial charge is 0.461 e. The van der Waals surface area contributed by atoms with Gasteiger partial charge in [-0.25, -0.2) is 9.55 Å². The minimum atomic E-state index is -0.499. The molecule has 2 aromatic heterocycles. The third-order valence-electron chi connectivity index (χ3n) is 4.03. The zero-order valence-electron chi connectivity index (χ0n) is 12.9. The summed E-state index contributed by atoms with van der Waals surface area (Å²) in [4.78, 5) is 26.3. The smallest absolute Gasteiger partial charge is 0.342 e. The molecule has 0 radical (unpaired) electrons. The Kier molecular flexibility index (Phi) is 3.85. The topological polar surface area (TPSA) is 105 Å². The number of rotatable bonds is 6. The van der Waals surface area contributed by atoms with Gasteiger partial charge in [-0.05, 0) is 16.9 Å². The summed E-state index contributed by atoms with van der Waals surface area (Å²) < 4.78 is 8.38. The second-order valence-electron chi connectivity index (χ2n) is 5.64. The molecule has 0 N–H and O–H groups in total. The summed E-state index contributed by atoms with van der Waals surface area (Å²) >= 11 is 0. The van der Waals surface area contributed by atoms with Gasteiger partial charge in [-0.15, -0.1) is 0 Å². The molecule has 2 aromatic rings. The van der Waals surface area contributed by atoms with Crippen LogP contribution in [-0.2, 0) is 23.1 Å². The van der Waals surface area contributed by atoms with Crippen LogP contribution in [0.15, 0.2) is 18.6 Å². The Balaban J connectivity index is 1.51. The van der Waals surface area contributed by atoms with E-state index in [2.05, 4.69) is 10.1 Å². The van der Waals surface area contributed by atoms with Crippen molar-refractivity contribution in [3.63, 3.8) is 0 Å². The molecule has 2 atom stereocenters.